The number of Topliss-reactive ketones (excluding diaryl/α,β-unsaturated/α-hetero) is 1. The molecule has 0 bridgehead atoms. The van der Waals surface area contributed by atoms with Gasteiger partial charge in [-0.1, -0.05) is 6.07 Å². The molecule has 0 saturated carbocycles. The first kappa shape index (κ1) is 19.2. The van der Waals surface area contributed by atoms with Crippen molar-refractivity contribution in [2.24, 2.45) is 0 Å². The number of nitrogens with one attached hydrogen (secondary N) is 1. The standard InChI is InChI=1S/C19H17F2NO4/c1-12-2-7-16(15(21)10-12)22-18(24)11-26-19(25)9-8-17(23)13-3-5-14(20)6-4-13/h2-7,10H,8-9,11H2,1H3,(H,22,24). The van der Waals surface area contributed by atoms with E-state index in [4.69, 9.17) is 4.74 Å². The molecule has 0 fully saturated rings. The highest BCUT2D eigenvalue weighted by Gasteiger charge is 2.13. The lowest BCUT2D eigenvalue weighted by molar-refractivity contribution is -0.147. The Kier molecular flexibility index (Phi) is 6.54. The normalized spacial score (nSPS) is 10.3. The third-order valence-electron chi connectivity index (χ3n) is 3.49. The summed E-state index contributed by atoms with van der Waals surface area (Å²) < 4.78 is 31.2. The zero-order valence-electron chi connectivity index (χ0n) is 14.1. The van der Waals surface area contributed by atoms with E-state index in [9.17, 15) is 23.2 Å². The summed E-state index contributed by atoms with van der Waals surface area (Å²) in [5.41, 5.74) is 0.979. The summed E-state index contributed by atoms with van der Waals surface area (Å²) in [6, 6.07) is 9.26. The summed E-state index contributed by atoms with van der Waals surface area (Å²) in [4.78, 5) is 35.2. The highest BCUT2D eigenvalue weighted by molar-refractivity contribution is 5.98. The van der Waals surface area contributed by atoms with Gasteiger partial charge in [0.05, 0.1) is 12.1 Å². The Morgan fingerprint density at radius 1 is 1.00 bits per heavy atom. The summed E-state index contributed by atoms with van der Waals surface area (Å²) in [6.45, 7) is 1.13. The third kappa shape index (κ3) is 5.77. The molecule has 7 heteroatoms. The summed E-state index contributed by atoms with van der Waals surface area (Å²) in [5, 5.41) is 2.30. The van der Waals surface area contributed by atoms with E-state index in [1.165, 1.54) is 24.3 Å². The number of carbonyl (C=O) groups excluding carboxylic acids is 3. The fraction of sp³-hybridized carbons (Fsp3) is 0.211. The van der Waals surface area contributed by atoms with Crippen LogP contribution in [-0.4, -0.2) is 24.3 Å². The van der Waals surface area contributed by atoms with E-state index in [1.54, 1.807) is 13.0 Å². The van der Waals surface area contributed by atoms with Crippen LogP contribution < -0.4 is 5.32 Å². The van der Waals surface area contributed by atoms with Crippen LogP contribution in [0.5, 0.6) is 0 Å². The maximum atomic E-state index is 13.6. The predicted octanol–water partition coefficient (Wildman–Crippen LogP) is 3.42. The van der Waals surface area contributed by atoms with Crippen LogP contribution in [0.1, 0.15) is 28.8 Å². The van der Waals surface area contributed by atoms with E-state index < -0.39 is 30.1 Å². The Labute approximate surface area is 149 Å². The van der Waals surface area contributed by atoms with Crippen LogP contribution in [0.25, 0.3) is 0 Å². The molecule has 2 aromatic rings. The lowest BCUT2D eigenvalue weighted by atomic mass is 10.1. The summed E-state index contributed by atoms with van der Waals surface area (Å²) in [7, 11) is 0. The van der Waals surface area contributed by atoms with Gasteiger partial charge >= 0.3 is 5.97 Å². The number of ketones is 1. The molecule has 2 aromatic carbocycles. The maximum Gasteiger partial charge on any atom is 0.306 e. The van der Waals surface area contributed by atoms with Gasteiger partial charge in [-0.15, -0.1) is 0 Å². The van der Waals surface area contributed by atoms with Crippen LogP contribution >= 0.6 is 0 Å². The van der Waals surface area contributed by atoms with Gasteiger partial charge in [0.25, 0.3) is 5.91 Å². The van der Waals surface area contributed by atoms with Crippen molar-refractivity contribution in [3.05, 3.63) is 65.2 Å². The van der Waals surface area contributed by atoms with Crippen molar-refractivity contribution >= 4 is 23.3 Å². The van der Waals surface area contributed by atoms with E-state index in [-0.39, 0.29) is 29.9 Å². The molecule has 5 nitrogen and oxygen atoms in total. The highest BCUT2D eigenvalue weighted by Crippen LogP contribution is 2.15. The van der Waals surface area contributed by atoms with Crippen molar-refractivity contribution in [3.8, 4) is 0 Å². The number of esters is 1. The number of hydrogen-bond acceptors (Lipinski definition) is 4. The number of halogens is 2. The zero-order valence-corrected chi connectivity index (χ0v) is 14.1. The van der Waals surface area contributed by atoms with Crippen LogP contribution in [0.2, 0.25) is 0 Å². The van der Waals surface area contributed by atoms with Gasteiger partial charge in [0, 0.05) is 12.0 Å². The molecule has 1 N–H and O–H groups in total. The van der Waals surface area contributed by atoms with E-state index in [0.717, 1.165) is 12.1 Å². The van der Waals surface area contributed by atoms with Gasteiger partial charge in [-0.3, -0.25) is 14.4 Å². The Hall–Kier alpha value is -3.09. The highest BCUT2D eigenvalue weighted by atomic mass is 19.1. The molecule has 0 aliphatic rings. The minimum Gasteiger partial charge on any atom is -0.456 e. The van der Waals surface area contributed by atoms with Crippen molar-refractivity contribution in [2.75, 3.05) is 11.9 Å². The molecule has 1 amide bonds. The van der Waals surface area contributed by atoms with E-state index in [1.807, 2.05) is 0 Å². The number of amides is 1. The minimum absolute atomic E-state index is 0.0110. The summed E-state index contributed by atoms with van der Waals surface area (Å²) in [6.07, 6.45) is -0.346. The summed E-state index contributed by atoms with van der Waals surface area (Å²) in [5.74, 6) is -2.81. The molecule has 2 rings (SSSR count). The summed E-state index contributed by atoms with van der Waals surface area (Å²) >= 11 is 0. The quantitative estimate of drug-likeness (QED) is 0.606. The van der Waals surface area contributed by atoms with Crippen molar-refractivity contribution in [3.63, 3.8) is 0 Å². The van der Waals surface area contributed by atoms with Crippen LogP contribution in [0.4, 0.5) is 14.5 Å². The number of aryl methyl sites for hydroxylation is 1. The van der Waals surface area contributed by atoms with Crippen LogP contribution in [0.15, 0.2) is 42.5 Å². The van der Waals surface area contributed by atoms with Gasteiger partial charge in [-0.25, -0.2) is 8.78 Å². The SMILES string of the molecule is Cc1ccc(NC(=O)COC(=O)CCC(=O)c2ccc(F)cc2)c(F)c1. The number of benzene rings is 2. The Balaban J connectivity index is 1.74. The molecule has 0 atom stereocenters. The molecule has 0 heterocycles. The first-order chi connectivity index (χ1) is 12.3. The second kappa shape index (κ2) is 8.84. The lowest BCUT2D eigenvalue weighted by Crippen LogP contribution is -2.21. The molecule has 0 unspecified atom stereocenters. The average molecular weight is 361 g/mol. The average Bonchev–Trinajstić information content (AvgIpc) is 2.61. The van der Waals surface area contributed by atoms with Crippen molar-refractivity contribution < 1.29 is 27.9 Å². The number of rotatable bonds is 7. The second-order valence-electron chi connectivity index (χ2n) is 5.62. The van der Waals surface area contributed by atoms with Crippen LogP contribution in [0.3, 0.4) is 0 Å². The van der Waals surface area contributed by atoms with E-state index in [0.29, 0.717) is 5.56 Å². The Bertz CT molecular complexity index is 819. The fourth-order valence-corrected chi connectivity index (χ4v) is 2.12. The topological polar surface area (TPSA) is 72.5 Å². The van der Waals surface area contributed by atoms with E-state index >= 15 is 0 Å². The van der Waals surface area contributed by atoms with Gasteiger partial charge in [-0.2, -0.15) is 0 Å². The van der Waals surface area contributed by atoms with Crippen molar-refractivity contribution in [1.29, 1.82) is 0 Å². The number of ether oxygens (including phenoxy) is 1. The molecule has 0 aliphatic heterocycles. The zero-order chi connectivity index (χ0) is 19.1. The monoisotopic (exact) mass is 361 g/mol. The first-order valence-corrected chi connectivity index (χ1v) is 7.85. The number of hydrogen-bond donors (Lipinski definition) is 1. The van der Waals surface area contributed by atoms with Crippen molar-refractivity contribution in [2.45, 2.75) is 19.8 Å². The largest absolute Gasteiger partial charge is 0.456 e. The minimum atomic E-state index is -0.736. The third-order valence-corrected chi connectivity index (χ3v) is 3.49. The number of carbonyl (C=O) groups is 3. The fourth-order valence-electron chi connectivity index (χ4n) is 2.12. The van der Waals surface area contributed by atoms with Crippen molar-refractivity contribution in [1.82, 2.24) is 0 Å². The van der Waals surface area contributed by atoms with Gasteiger partial charge in [0.1, 0.15) is 11.6 Å². The van der Waals surface area contributed by atoms with Gasteiger partial charge in [-0.05, 0) is 48.9 Å². The van der Waals surface area contributed by atoms with Gasteiger partial charge in [0.15, 0.2) is 12.4 Å². The first-order valence-electron chi connectivity index (χ1n) is 7.85. The molecule has 26 heavy (non-hydrogen) atoms. The Morgan fingerprint density at radius 2 is 1.69 bits per heavy atom. The van der Waals surface area contributed by atoms with E-state index in [2.05, 4.69) is 5.32 Å². The van der Waals surface area contributed by atoms with Crippen LogP contribution in [-0.2, 0) is 14.3 Å². The van der Waals surface area contributed by atoms with Crippen LogP contribution in [0, 0.1) is 18.6 Å². The molecule has 0 aromatic heterocycles. The molecular weight excluding hydrogens is 344 g/mol. The smallest absolute Gasteiger partial charge is 0.306 e. The molecule has 136 valence electrons. The molecule has 0 saturated heterocycles. The lowest BCUT2D eigenvalue weighted by Gasteiger charge is -2.08. The molecule has 0 aliphatic carbocycles. The maximum absolute atomic E-state index is 13.6. The Morgan fingerprint density at radius 3 is 2.35 bits per heavy atom. The molecule has 0 spiro atoms. The molecule has 0 radical (unpaired) electrons. The molecular formula is C19H17F2NO4. The van der Waals surface area contributed by atoms with Gasteiger partial charge in [0.2, 0.25) is 0 Å². The number of anilines is 1. The second-order valence-corrected chi connectivity index (χ2v) is 5.62. The predicted molar refractivity (Wildman–Crippen MR) is 90.7 cm³/mol. The van der Waals surface area contributed by atoms with Gasteiger partial charge < -0.3 is 10.1 Å².